The summed E-state index contributed by atoms with van der Waals surface area (Å²) >= 11 is 1.00. The van der Waals surface area contributed by atoms with Crippen molar-refractivity contribution in [3.05, 3.63) is 39.9 Å². The van der Waals surface area contributed by atoms with Gasteiger partial charge in [-0.25, -0.2) is 4.79 Å². The Morgan fingerprint density at radius 1 is 1.33 bits per heavy atom. The zero-order valence-corrected chi connectivity index (χ0v) is 12.7. The first-order chi connectivity index (χ1) is 9.90. The van der Waals surface area contributed by atoms with Crippen molar-refractivity contribution < 1.29 is 14.7 Å². The van der Waals surface area contributed by atoms with E-state index in [1.807, 2.05) is 13.8 Å². The number of benzene rings is 1. The number of amides is 1. The van der Waals surface area contributed by atoms with Crippen LogP contribution in [0.15, 0.2) is 18.2 Å². The van der Waals surface area contributed by atoms with Crippen LogP contribution in [0.2, 0.25) is 0 Å². The Morgan fingerprint density at radius 3 is 2.67 bits per heavy atom. The highest BCUT2D eigenvalue weighted by atomic mass is 32.1. The van der Waals surface area contributed by atoms with Crippen molar-refractivity contribution in [2.45, 2.75) is 26.7 Å². The van der Waals surface area contributed by atoms with Crippen molar-refractivity contribution in [3.8, 4) is 0 Å². The maximum absolute atomic E-state index is 12.3. The number of anilines is 1. The number of carbonyl (C=O) groups is 2. The smallest absolute Gasteiger partial charge is 0.337 e. The number of hydrogen-bond donors (Lipinski definition) is 2. The molecule has 0 fully saturated rings. The molecule has 0 aliphatic carbocycles. The summed E-state index contributed by atoms with van der Waals surface area (Å²) in [7, 11) is 0. The molecule has 0 saturated heterocycles. The summed E-state index contributed by atoms with van der Waals surface area (Å²) in [6, 6.07) is 4.85. The van der Waals surface area contributed by atoms with Crippen molar-refractivity contribution >= 4 is 29.1 Å². The highest BCUT2D eigenvalue weighted by Crippen LogP contribution is 2.23. The monoisotopic (exact) mass is 305 g/mol. The minimum Gasteiger partial charge on any atom is -0.478 e. The fourth-order valence-electron chi connectivity index (χ4n) is 1.86. The lowest BCUT2D eigenvalue weighted by atomic mass is 10.1. The molecule has 110 valence electrons. The van der Waals surface area contributed by atoms with Crippen molar-refractivity contribution in [1.82, 2.24) is 9.59 Å². The molecular weight excluding hydrogens is 290 g/mol. The van der Waals surface area contributed by atoms with Crippen LogP contribution < -0.4 is 5.32 Å². The van der Waals surface area contributed by atoms with Gasteiger partial charge in [0.1, 0.15) is 4.88 Å². The Hall–Kier alpha value is -2.28. The number of carbonyl (C=O) groups excluding carboxylic acids is 1. The molecule has 1 aromatic carbocycles. The molecule has 1 aromatic heterocycles. The lowest BCUT2D eigenvalue weighted by Gasteiger charge is -2.09. The van der Waals surface area contributed by atoms with Gasteiger partial charge in [-0.15, -0.1) is 5.10 Å². The largest absolute Gasteiger partial charge is 0.478 e. The molecule has 1 amide bonds. The van der Waals surface area contributed by atoms with Crippen LogP contribution in [0.1, 0.15) is 51.1 Å². The quantitative estimate of drug-likeness (QED) is 0.906. The van der Waals surface area contributed by atoms with Gasteiger partial charge in [-0.2, -0.15) is 0 Å². The topological polar surface area (TPSA) is 92.2 Å². The molecule has 0 spiro atoms. The van der Waals surface area contributed by atoms with Gasteiger partial charge < -0.3 is 10.4 Å². The zero-order valence-electron chi connectivity index (χ0n) is 11.9. The summed E-state index contributed by atoms with van der Waals surface area (Å²) < 4.78 is 3.79. The van der Waals surface area contributed by atoms with Crippen LogP contribution in [0.5, 0.6) is 0 Å². The summed E-state index contributed by atoms with van der Waals surface area (Å²) in [5, 5.41) is 15.8. The van der Waals surface area contributed by atoms with Crippen molar-refractivity contribution in [2.24, 2.45) is 0 Å². The minimum atomic E-state index is -1.08. The van der Waals surface area contributed by atoms with Gasteiger partial charge in [0.05, 0.1) is 16.9 Å². The average molecular weight is 305 g/mol. The molecule has 2 aromatic rings. The van der Waals surface area contributed by atoms with Crippen LogP contribution in [-0.4, -0.2) is 26.6 Å². The van der Waals surface area contributed by atoms with E-state index in [1.165, 1.54) is 6.07 Å². The number of carboxylic acid groups (broad SMARTS) is 1. The third-order valence-electron chi connectivity index (χ3n) is 2.92. The molecule has 2 N–H and O–H groups in total. The number of carboxylic acids is 1. The zero-order chi connectivity index (χ0) is 15.6. The Kier molecular flexibility index (Phi) is 4.32. The van der Waals surface area contributed by atoms with Crippen LogP contribution in [0.3, 0.4) is 0 Å². The van der Waals surface area contributed by atoms with E-state index >= 15 is 0 Å². The van der Waals surface area contributed by atoms with E-state index < -0.39 is 5.97 Å². The van der Waals surface area contributed by atoms with Crippen molar-refractivity contribution in [3.63, 3.8) is 0 Å². The van der Waals surface area contributed by atoms with Gasteiger partial charge in [-0.3, -0.25) is 4.79 Å². The summed E-state index contributed by atoms with van der Waals surface area (Å²) in [5.41, 5.74) is 1.75. The predicted octanol–water partition coefficient (Wildman–Crippen LogP) is 2.92. The molecule has 1 heterocycles. The van der Waals surface area contributed by atoms with E-state index in [2.05, 4.69) is 14.9 Å². The summed E-state index contributed by atoms with van der Waals surface area (Å²) in [5.74, 6) is -1.40. The SMILES string of the molecule is Cc1ccc(NC(=O)c2snnc2C(C)C)c(C(=O)O)c1. The van der Waals surface area contributed by atoms with Gasteiger partial charge in [0, 0.05) is 0 Å². The van der Waals surface area contributed by atoms with Gasteiger partial charge in [0.25, 0.3) is 5.91 Å². The molecule has 0 unspecified atom stereocenters. The normalized spacial score (nSPS) is 10.7. The van der Waals surface area contributed by atoms with E-state index in [0.717, 1.165) is 17.1 Å². The maximum atomic E-state index is 12.3. The number of aromatic nitrogens is 2. The Morgan fingerprint density at radius 2 is 2.05 bits per heavy atom. The van der Waals surface area contributed by atoms with Crippen LogP contribution in [-0.2, 0) is 0 Å². The Bertz CT molecular complexity index is 695. The molecule has 0 aliphatic heterocycles. The van der Waals surface area contributed by atoms with Gasteiger partial charge in [-0.1, -0.05) is 30.0 Å². The van der Waals surface area contributed by atoms with Crippen molar-refractivity contribution in [1.29, 1.82) is 0 Å². The van der Waals surface area contributed by atoms with Gasteiger partial charge in [0.2, 0.25) is 0 Å². The lowest BCUT2D eigenvalue weighted by molar-refractivity contribution is 0.0698. The first-order valence-electron chi connectivity index (χ1n) is 6.37. The van der Waals surface area contributed by atoms with E-state index in [1.54, 1.807) is 19.1 Å². The number of nitrogens with zero attached hydrogens (tertiary/aromatic N) is 2. The fraction of sp³-hybridized carbons (Fsp3) is 0.286. The van der Waals surface area contributed by atoms with Crippen LogP contribution in [0, 0.1) is 6.92 Å². The van der Waals surface area contributed by atoms with E-state index in [9.17, 15) is 14.7 Å². The summed E-state index contributed by atoms with van der Waals surface area (Å²) in [6.45, 7) is 5.63. The highest BCUT2D eigenvalue weighted by Gasteiger charge is 2.20. The van der Waals surface area contributed by atoms with Crippen LogP contribution >= 0.6 is 11.5 Å². The van der Waals surface area contributed by atoms with E-state index in [-0.39, 0.29) is 23.1 Å². The molecule has 0 radical (unpaired) electrons. The molecule has 21 heavy (non-hydrogen) atoms. The summed E-state index contributed by atoms with van der Waals surface area (Å²) in [6.07, 6.45) is 0. The van der Waals surface area contributed by atoms with Gasteiger partial charge >= 0.3 is 5.97 Å². The molecular formula is C14H15N3O3S. The number of rotatable bonds is 4. The third kappa shape index (κ3) is 3.25. The Labute approximate surface area is 126 Å². The lowest BCUT2D eigenvalue weighted by Crippen LogP contribution is -2.15. The third-order valence-corrected chi connectivity index (χ3v) is 3.66. The Balaban J connectivity index is 2.32. The molecule has 0 aliphatic rings. The first kappa shape index (κ1) is 15.1. The van der Waals surface area contributed by atoms with Crippen LogP contribution in [0.4, 0.5) is 5.69 Å². The average Bonchev–Trinajstić information content (AvgIpc) is 2.90. The molecule has 7 heteroatoms. The molecule has 2 rings (SSSR count). The van der Waals surface area contributed by atoms with E-state index in [0.29, 0.717) is 10.6 Å². The first-order valence-corrected chi connectivity index (χ1v) is 7.15. The standard InChI is InChI=1S/C14H15N3O3S/c1-7(2)11-12(21-17-16-11)13(18)15-10-5-4-8(3)6-9(10)14(19)20/h4-7H,1-3H3,(H,15,18)(H,19,20). The second-order valence-electron chi connectivity index (χ2n) is 4.95. The van der Waals surface area contributed by atoms with Crippen LogP contribution in [0.25, 0.3) is 0 Å². The maximum Gasteiger partial charge on any atom is 0.337 e. The van der Waals surface area contributed by atoms with Gasteiger partial charge in [-0.05, 0) is 36.5 Å². The number of nitrogens with one attached hydrogen (secondary N) is 1. The van der Waals surface area contributed by atoms with Crippen molar-refractivity contribution in [2.75, 3.05) is 5.32 Å². The fourth-order valence-corrected chi connectivity index (χ4v) is 2.57. The second-order valence-corrected chi connectivity index (χ2v) is 5.70. The predicted molar refractivity (Wildman–Crippen MR) is 80.1 cm³/mol. The van der Waals surface area contributed by atoms with E-state index in [4.69, 9.17) is 0 Å². The van der Waals surface area contributed by atoms with Gasteiger partial charge in [0.15, 0.2) is 0 Å². The molecule has 0 saturated carbocycles. The number of aryl methyl sites for hydroxylation is 1. The molecule has 0 bridgehead atoms. The molecule has 6 nitrogen and oxygen atoms in total. The second kappa shape index (κ2) is 6.01. The highest BCUT2D eigenvalue weighted by molar-refractivity contribution is 7.08. The summed E-state index contributed by atoms with van der Waals surface area (Å²) in [4.78, 5) is 23.9. The molecule has 0 atom stereocenters. The number of hydrogen-bond acceptors (Lipinski definition) is 5. The number of aromatic carboxylic acids is 1. The minimum absolute atomic E-state index is 0.0620.